The molecule has 56 heavy (non-hydrogen) atoms. The van der Waals surface area contributed by atoms with Gasteiger partial charge in [-0.3, -0.25) is 9.36 Å². The lowest BCUT2D eigenvalue weighted by Crippen LogP contribution is -2.37. The number of rotatable bonds is 41. The molecule has 2 atom stereocenters. The van der Waals surface area contributed by atoms with Gasteiger partial charge in [-0.15, -0.1) is 0 Å². The Labute approximate surface area is 345 Å². The standard InChI is InChI=1S/C47H86NO7P/c1-6-8-10-12-14-16-18-20-22-24-25-27-29-31-33-35-37-39-42-52-44-46(45-54-56(50,51)53-43-41-48(3,4)5)55-47(49)40-38-36-34-32-30-28-26-23-21-19-17-15-13-11-9-7-2/h8,10,14,16-17,19-20,22-23,26,46H,6-7,9,11-13,15,18,21,24-25,27-45H2,1-5H3/b10-8-,16-14-,19-17-,22-20-,26-23-. The van der Waals surface area contributed by atoms with Gasteiger partial charge >= 0.3 is 5.97 Å². The van der Waals surface area contributed by atoms with Gasteiger partial charge in [-0.05, 0) is 77.0 Å². The van der Waals surface area contributed by atoms with Crippen LogP contribution in [0.15, 0.2) is 60.8 Å². The average Bonchev–Trinajstić information content (AvgIpc) is 3.15. The van der Waals surface area contributed by atoms with Crippen LogP contribution in [-0.2, 0) is 27.9 Å². The summed E-state index contributed by atoms with van der Waals surface area (Å²) in [5.74, 6) is -0.352. The number of carbonyl (C=O) groups excluding carboxylic acids is 1. The lowest BCUT2D eigenvalue weighted by atomic mass is 10.1. The van der Waals surface area contributed by atoms with E-state index >= 15 is 0 Å². The first kappa shape index (κ1) is 54.2. The Balaban J connectivity index is 4.26. The maximum absolute atomic E-state index is 12.7. The first-order chi connectivity index (χ1) is 27.1. The Hall–Kier alpha value is -1.80. The number of phosphoric acid groups is 1. The Kier molecular flexibility index (Phi) is 38.7. The van der Waals surface area contributed by atoms with Gasteiger partial charge in [0.15, 0.2) is 0 Å². The fourth-order valence-corrected chi connectivity index (χ4v) is 6.55. The molecule has 0 saturated heterocycles. The van der Waals surface area contributed by atoms with E-state index in [0.717, 1.165) is 83.5 Å². The topological polar surface area (TPSA) is 94.1 Å². The molecule has 326 valence electrons. The van der Waals surface area contributed by atoms with E-state index in [4.69, 9.17) is 18.5 Å². The van der Waals surface area contributed by atoms with Gasteiger partial charge in [0.05, 0.1) is 34.4 Å². The number of esters is 1. The molecule has 0 fully saturated rings. The molecule has 2 unspecified atom stereocenters. The SMILES string of the molecule is CC/C=C\C/C=C\C/C=C\CCCCCCCCCCOCC(COP(=O)([O-])OCC[N+](C)(C)C)OC(=O)CCCCCCC/C=C\C/C=C\CCCCCC. The highest BCUT2D eigenvalue weighted by atomic mass is 31.2. The van der Waals surface area contributed by atoms with Crippen LogP contribution in [0.3, 0.4) is 0 Å². The number of hydrogen-bond donors (Lipinski definition) is 0. The minimum atomic E-state index is -4.53. The number of phosphoric ester groups is 1. The molecule has 0 rings (SSSR count). The Morgan fingerprint density at radius 3 is 1.55 bits per heavy atom. The van der Waals surface area contributed by atoms with E-state index in [0.29, 0.717) is 24.1 Å². The first-order valence-electron chi connectivity index (χ1n) is 22.5. The molecule has 0 spiro atoms. The van der Waals surface area contributed by atoms with Gasteiger partial charge in [0.1, 0.15) is 19.3 Å². The predicted molar refractivity (Wildman–Crippen MR) is 236 cm³/mol. The van der Waals surface area contributed by atoms with Crippen LogP contribution in [0.5, 0.6) is 0 Å². The van der Waals surface area contributed by atoms with Crippen molar-refractivity contribution in [3.63, 3.8) is 0 Å². The summed E-state index contributed by atoms with van der Waals surface area (Å²) in [5, 5.41) is 0. The third-order valence-electron chi connectivity index (χ3n) is 9.30. The summed E-state index contributed by atoms with van der Waals surface area (Å²) in [6, 6.07) is 0. The van der Waals surface area contributed by atoms with Crippen molar-refractivity contribution in [2.75, 3.05) is 54.1 Å². The van der Waals surface area contributed by atoms with Crippen LogP contribution in [0.1, 0.15) is 174 Å². The Bertz CT molecular complexity index is 1080. The number of unbranched alkanes of at least 4 members (excludes halogenated alkanes) is 17. The van der Waals surface area contributed by atoms with Crippen LogP contribution in [0, 0.1) is 0 Å². The lowest BCUT2D eigenvalue weighted by Gasteiger charge is -2.28. The van der Waals surface area contributed by atoms with Crippen molar-refractivity contribution in [1.29, 1.82) is 0 Å². The number of likely N-dealkylation sites (N-methyl/N-ethyl adjacent to an activating group) is 1. The molecule has 0 radical (unpaired) electrons. The van der Waals surface area contributed by atoms with Gasteiger partial charge in [0.2, 0.25) is 0 Å². The van der Waals surface area contributed by atoms with Crippen molar-refractivity contribution in [2.24, 2.45) is 0 Å². The van der Waals surface area contributed by atoms with E-state index in [1.54, 1.807) is 0 Å². The van der Waals surface area contributed by atoms with Crippen LogP contribution in [0.2, 0.25) is 0 Å². The zero-order valence-corrected chi connectivity index (χ0v) is 37.7. The monoisotopic (exact) mass is 808 g/mol. The van der Waals surface area contributed by atoms with E-state index in [1.807, 2.05) is 21.1 Å². The molecule has 0 amide bonds. The second-order valence-electron chi connectivity index (χ2n) is 16.0. The minimum Gasteiger partial charge on any atom is -0.756 e. The van der Waals surface area contributed by atoms with Gasteiger partial charge in [0, 0.05) is 13.0 Å². The van der Waals surface area contributed by atoms with Crippen LogP contribution < -0.4 is 4.89 Å². The minimum absolute atomic E-state index is 0.0191. The van der Waals surface area contributed by atoms with Crippen molar-refractivity contribution in [2.45, 2.75) is 180 Å². The quantitative estimate of drug-likeness (QED) is 0.0200. The third-order valence-corrected chi connectivity index (χ3v) is 10.3. The predicted octanol–water partition coefficient (Wildman–Crippen LogP) is 12.7. The van der Waals surface area contributed by atoms with Gasteiger partial charge in [0.25, 0.3) is 7.82 Å². The zero-order valence-electron chi connectivity index (χ0n) is 36.8. The second kappa shape index (κ2) is 40.0. The second-order valence-corrected chi connectivity index (χ2v) is 17.4. The van der Waals surface area contributed by atoms with Crippen LogP contribution in [-0.4, -0.2) is 70.7 Å². The van der Waals surface area contributed by atoms with Crippen molar-refractivity contribution in [3.8, 4) is 0 Å². The summed E-state index contributed by atoms with van der Waals surface area (Å²) in [6.45, 7) is 5.24. The van der Waals surface area contributed by atoms with Crippen molar-refractivity contribution in [3.05, 3.63) is 60.8 Å². The van der Waals surface area contributed by atoms with E-state index in [-0.39, 0.29) is 25.8 Å². The highest BCUT2D eigenvalue weighted by Gasteiger charge is 2.20. The molecule has 0 aromatic carbocycles. The maximum Gasteiger partial charge on any atom is 0.306 e. The summed E-state index contributed by atoms with van der Waals surface area (Å²) >= 11 is 0. The molecule has 0 aromatic rings. The third kappa shape index (κ3) is 43.3. The summed E-state index contributed by atoms with van der Waals surface area (Å²) < 4.78 is 34.6. The first-order valence-corrected chi connectivity index (χ1v) is 24.0. The zero-order chi connectivity index (χ0) is 41.3. The number of quaternary nitrogens is 1. The average molecular weight is 808 g/mol. The molecule has 0 N–H and O–H groups in total. The Morgan fingerprint density at radius 2 is 1.04 bits per heavy atom. The summed E-state index contributed by atoms with van der Waals surface area (Å²) in [7, 11) is 1.33. The summed E-state index contributed by atoms with van der Waals surface area (Å²) in [4.78, 5) is 25.1. The molecule has 0 aromatic heterocycles. The van der Waals surface area contributed by atoms with Gasteiger partial charge in [-0.1, -0.05) is 152 Å². The maximum atomic E-state index is 12.7. The van der Waals surface area contributed by atoms with Crippen LogP contribution >= 0.6 is 7.82 Å². The smallest absolute Gasteiger partial charge is 0.306 e. The van der Waals surface area contributed by atoms with Crippen molar-refractivity contribution < 1.29 is 37.3 Å². The fraction of sp³-hybridized carbons (Fsp3) is 0.766. The van der Waals surface area contributed by atoms with Crippen molar-refractivity contribution in [1.82, 2.24) is 0 Å². The molecule has 9 heteroatoms. The largest absolute Gasteiger partial charge is 0.756 e. The van der Waals surface area contributed by atoms with Gasteiger partial charge < -0.3 is 27.9 Å². The molecular formula is C47H86NO7P. The van der Waals surface area contributed by atoms with E-state index < -0.39 is 13.9 Å². The molecule has 0 aliphatic heterocycles. The van der Waals surface area contributed by atoms with Crippen LogP contribution in [0.25, 0.3) is 0 Å². The molecule has 8 nitrogen and oxygen atoms in total. The number of nitrogens with zero attached hydrogens (tertiary/aromatic N) is 1. The fourth-order valence-electron chi connectivity index (χ4n) is 5.82. The number of ether oxygens (including phenoxy) is 2. The van der Waals surface area contributed by atoms with E-state index in [1.165, 1.54) is 70.6 Å². The molecule has 0 saturated carbocycles. The Morgan fingerprint density at radius 1 is 0.571 bits per heavy atom. The van der Waals surface area contributed by atoms with Gasteiger partial charge in [-0.25, -0.2) is 0 Å². The number of hydrogen-bond acceptors (Lipinski definition) is 7. The summed E-state index contributed by atoms with van der Waals surface area (Å²) in [6.07, 6.45) is 49.4. The lowest BCUT2D eigenvalue weighted by molar-refractivity contribution is -0.870. The highest BCUT2D eigenvalue weighted by molar-refractivity contribution is 7.45. The van der Waals surface area contributed by atoms with Crippen LogP contribution in [0.4, 0.5) is 0 Å². The van der Waals surface area contributed by atoms with E-state index in [2.05, 4.69) is 74.6 Å². The molecule has 0 aliphatic carbocycles. The molecule has 0 bridgehead atoms. The highest BCUT2D eigenvalue weighted by Crippen LogP contribution is 2.38. The molecule has 0 heterocycles. The normalized spacial score (nSPS) is 14.3. The summed E-state index contributed by atoms with van der Waals surface area (Å²) in [5.41, 5.74) is 0. The van der Waals surface area contributed by atoms with Gasteiger partial charge in [-0.2, -0.15) is 0 Å². The molecular weight excluding hydrogens is 721 g/mol. The number of carbonyl (C=O) groups is 1. The van der Waals surface area contributed by atoms with Crippen molar-refractivity contribution >= 4 is 13.8 Å². The van der Waals surface area contributed by atoms with E-state index in [9.17, 15) is 14.3 Å². The number of allylic oxidation sites excluding steroid dienone is 10. The molecule has 0 aliphatic rings.